The smallest absolute Gasteiger partial charge is 0.253 e. The fourth-order valence-electron chi connectivity index (χ4n) is 3.43. The Balaban J connectivity index is 1.48. The van der Waals surface area contributed by atoms with E-state index in [0.29, 0.717) is 13.1 Å². The van der Waals surface area contributed by atoms with E-state index in [4.69, 9.17) is 0 Å². The van der Waals surface area contributed by atoms with Crippen LogP contribution in [-0.4, -0.2) is 51.6 Å². The molecule has 6 heteroatoms. The summed E-state index contributed by atoms with van der Waals surface area (Å²) in [5.74, 6) is 0.951. The SMILES string of the molecule is Cc1cc(C)cc(C(=O)N2CCN(c3nnc4ccccn34)CC2)c1. The summed E-state index contributed by atoms with van der Waals surface area (Å²) in [5, 5.41) is 8.51. The van der Waals surface area contributed by atoms with Gasteiger partial charge >= 0.3 is 0 Å². The molecule has 0 radical (unpaired) electrons. The lowest BCUT2D eigenvalue weighted by Gasteiger charge is -2.34. The van der Waals surface area contributed by atoms with Crippen molar-refractivity contribution in [3.8, 4) is 0 Å². The van der Waals surface area contributed by atoms with Crippen molar-refractivity contribution in [1.29, 1.82) is 0 Å². The summed E-state index contributed by atoms with van der Waals surface area (Å²) in [6.07, 6.45) is 1.97. The quantitative estimate of drug-likeness (QED) is 0.721. The Hall–Kier alpha value is -2.89. The Bertz CT molecular complexity index is 904. The fourth-order valence-corrected chi connectivity index (χ4v) is 3.43. The molecule has 1 aliphatic heterocycles. The molecule has 4 rings (SSSR count). The van der Waals surface area contributed by atoms with Crippen LogP contribution in [-0.2, 0) is 0 Å². The van der Waals surface area contributed by atoms with Crippen LogP contribution in [0, 0.1) is 13.8 Å². The molecule has 3 aromatic rings. The lowest BCUT2D eigenvalue weighted by atomic mass is 10.1. The molecule has 0 spiro atoms. The van der Waals surface area contributed by atoms with E-state index >= 15 is 0 Å². The number of aryl methyl sites for hydroxylation is 2. The van der Waals surface area contributed by atoms with Crippen LogP contribution in [0.25, 0.3) is 5.65 Å². The summed E-state index contributed by atoms with van der Waals surface area (Å²) in [6, 6.07) is 11.9. The zero-order valence-electron chi connectivity index (χ0n) is 14.5. The number of piperazine rings is 1. The van der Waals surface area contributed by atoms with Gasteiger partial charge in [-0.15, -0.1) is 10.2 Å². The first-order valence-electron chi connectivity index (χ1n) is 8.54. The first-order valence-corrected chi connectivity index (χ1v) is 8.54. The summed E-state index contributed by atoms with van der Waals surface area (Å²) >= 11 is 0. The number of hydrogen-bond donors (Lipinski definition) is 0. The van der Waals surface area contributed by atoms with Crippen LogP contribution in [0.3, 0.4) is 0 Å². The van der Waals surface area contributed by atoms with Gasteiger partial charge in [0.1, 0.15) is 0 Å². The number of pyridine rings is 1. The van der Waals surface area contributed by atoms with E-state index in [-0.39, 0.29) is 5.91 Å². The van der Waals surface area contributed by atoms with Crippen molar-refractivity contribution < 1.29 is 4.79 Å². The molecule has 1 saturated heterocycles. The molecule has 1 aromatic carbocycles. The number of aromatic nitrogens is 3. The lowest BCUT2D eigenvalue weighted by molar-refractivity contribution is 0.0746. The van der Waals surface area contributed by atoms with E-state index in [1.165, 1.54) is 0 Å². The molecule has 3 heterocycles. The number of amides is 1. The minimum absolute atomic E-state index is 0.109. The van der Waals surface area contributed by atoms with Gasteiger partial charge in [-0.1, -0.05) is 23.3 Å². The summed E-state index contributed by atoms with van der Waals surface area (Å²) < 4.78 is 1.99. The third kappa shape index (κ3) is 2.95. The second-order valence-electron chi connectivity index (χ2n) is 6.58. The van der Waals surface area contributed by atoms with Gasteiger partial charge < -0.3 is 9.80 Å². The van der Waals surface area contributed by atoms with Crippen molar-refractivity contribution in [3.05, 3.63) is 59.3 Å². The van der Waals surface area contributed by atoms with Gasteiger partial charge in [-0.05, 0) is 38.1 Å². The number of fused-ring (bicyclic) bond motifs is 1. The number of carbonyl (C=O) groups is 1. The standard InChI is InChI=1S/C19H21N5O/c1-14-11-15(2)13-16(12-14)18(25)22-7-9-23(10-8-22)19-21-20-17-5-3-4-6-24(17)19/h3-6,11-13H,7-10H2,1-2H3. The first-order chi connectivity index (χ1) is 12.1. The fraction of sp³-hybridized carbons (Fsp3) is 0.316. The van der Waals surface area contributed by atoms with Crippen molar-refractivity contribution in [2.45, 2.75) is 13.8 Å². The predicted molar refractivity (Wildman–Crippen MR) is 97.0 cm³/mol. The van der Waals surface area contributed by atoms with Crippen LogP contribution in [0.4, 0.5) is 5.95 Å². The van der Waals surface area contributed by atoms with E-state index in [9.17, 15) is 4.79 Å². The molecular formula is C19H21N5O. The molecule has 0 unspecified atom stereocenters. The monoisotopic (exact) mass is 335 g/mol. The molecule has 6 nitrogen and oxygen atoms in total. The highest BCUT2D eigenvalue weighted by Gasteiger charge is 2.24. The van der Waals surface area contributed by atoms with Gasteiger partial charge in [0.05, 0.1) is 0 Å². The van der Waals surface area contributed by atoms with Crippen LogP contribution < -0.4 is 4.90 Å². The molecular weight excluding hydrogens is 314 g/mol. The van der Waals surface area contributed by atoms with Gasteiger partial charge in [-0.2, -0.15) is 0 Å². The normalized spacial score (nSPS) is 15.0. The topological polar surface area (TPSA) is 53.7 Å². The second-order valence-corrected chi connectivity index (χ2v) is 6.58. The molecule has 0 N–H and O–H groups in total. The number of benzene rings is 1. The summed E-state index contributed by atoms with van der Waals surface area (Å²) in [4.78, 5) is 16.9. The average molecular weight is 335 g/mol. The third-order valence-electron chi connectivity index (χ3n) is 4.61. The number of rotatable bonds is 2. The number of carbonyl (C=O) groups excluding carboxylic acids is 1. The summed E-state index contributed by atoms with van der Waals surface area (Å²) in [5.41, 5.74) is 3.86. The summed E-state index contributed by atoms with van der Waals surface area (Å²) in [6.45, 7) is 6.94. The number of hydrogen-bond acceptors (Lipinski definition) is 4. The minimum atomic E-state index is 0.109. The molecule has 0 aliphatic carbocycles. The first kappa shape index (κ1) is 15.6. The Labute approximate surface area is 146 Å². The molecule has 1 fully saturated rings. The van der Waals surface area contributed by atoms with Crippen LogP contribution in [0.1, 0.15) is 21.5 Å². The molecule has 2 aromatic heterocycles. The Morgan fingerprint density at radius 3 is 2.40 bits per heavy atom. The van der Waals surface area contributed by atoms with Crippen molar-refractivity contribution in [2.75, 3.05) is 31.1 Å². The number of anilines is 1. The molecule has 0 saturated carbocycles. The zero-order chi connectivity index (χ0) is 17.4. The van der Waals surface area contributed by atoms with E-state index in [1.54, 1.807) is 0 Å². The lowest BCUT2D eigenvalue weighted by Crippen LogP contribution is -2.49. The van der Waals surface area contributed by atoms with Gasteiger partial charge in [0.25, 0.3) is 5.91 Å². The van der Waals surface area contributed by atoms with E-state index in [0.717, 1.165) is 41.4 Å². The van der Waals surface area contributed by atoms with E-state index in [1.807, 2.05) is 59.7 Å². The van der Waals surface area contributed by atoms with Gasteiger partial charge in [-0.3, -0.25) is 9.20 Å². The minimum Gasteiger partial charge on any atom is -0.337 e. The van der Waals surface area contributed by atoms with Crippen LogP contribution in [0.2, 0.25) is 0 Å². The highest BCUT2D eigenvalue weighted by atomic mass is 16.2. The van der Waals surface area contributed by atoms with Gasteiger partial charge in [0.15, 0.2) is 5.65 Å². The highest BCUT2D eigenvalue weighted by Crippen LogP contribution is 2.17. The van der Waals surface area contributed by atoms with E-state index < -0.39 is 0 Å². The largest absolute Gasteiger partial charge is 0.337 e. The maximum absolute atomic E-state index is 12.8. The maximum Gasteiger partial charge on any atom is 0.253 e. The third-order valence-corrected chi connectivity index (χ3v) is 4.61. The average Bonchev–Trinajstić information content (AvgIpc) is 3.04. The van der Waals surface area contributed by atoms with Crippen molar-refractivity contribution >= 4 is 17.5 Å². The molecule has 128 valence electrons. The van der Waals surface area contributed by atoms with Gasteiger partial charge in [0.2, 0.25) is 5.95 Å². The molecule has 1 aliphatic rings. The van der Waals surface area contributed by atoms with Crippen LogP contribution >= 0.6 is 0 Å². The number of nitrogens with zero attached hydrogens (tertiary/aromatic N) is 5. The molecule has 0 atom stereocenters. The molecule has 0 bridgehead atoms. The predicted octanol–water partition coefficient (Wildman–Crippen LogP) is 2.31. The molecule has 1 amide bonds. The Morgan fingerprint density at radius 1 is 0.960 bits per heavy atom. The maximum atomic E-state index is 12.8. The second kappa shape index (κ2) is 6.20. The van der Waals surface area contributed by atoms with Crippen LogP contribution in [0.15, 0.2) is 42.6 Å². The Kier molecular flexibility index (Phi) is 3.87. The zero-order valence-corrected chi connectivity index (χ0v) is 14.5. The highest BCUT2D eigenvalue weighted by molar-refractivity contribution is 5.94. The Morgan fingerprint density at radius 2 is 1.68 bits per heavy atom. The van der Waals surface area contributed by atoms with Crippen molar-refractivity contribution in [3.63, 3.8) is 0 Å². The van der Waals surface area contributed by atoms with Crippen LogP contribution in [0.5, 0.6) is 0 Å². The van der Waals surface area contributed by atoms with Crippen molar-refractivity contribution in [1.82, 2.24) is 19.5 Å². The van der Waals surface area contributed by atoms with Crippen molar-refractivity contribution in [2.24, 2.45) is 0 Å². The van der Waals surface area contributed by atoms with Gasteiger partial charge in [-0.25, -0.2) is 0 Å². The summed E-state index contributed by atoms with van der Waals surface area (Å²) in [7, 11) is 0. The van der Waals surface area contributed by atoms with E-state index in [2.05, 4.69) is 21.2 Å². The molecule has 25 heavy (non-hydrogen) atoms. The van der Waals surface area contributed by atoms with Gasteiger partial charge in [0, 0.05) is 37.9 Å².